The molecular weight excluding hydrogens is 314 g/mol. The van der Waals surface area contributed by atoms with Crippen LogP contribution in [0.1, 0.15) is 73.7 Å². The van der Waals surface area contributed by atoms with Crippen molar-refractivity contribution in [3.63, 3.8) is 0 Å². The van der Waals surface area contributed by atoms with Crippen molar-refractivity contribution in [3.8, 4) is 11.8 Å². The Kier molecular flexibility index (Phi) is 4.08. The lowest BCUT2D eigenvalue weighted by molar-refractivity contribution is 0.0696. The summed E-state index contributed by atoms with van der Waals surface area (Å²) >= 11 is 0. The summed E-state index contributed by atoms with van der Waals surface area (Å²) in [6.07, 6.45) is 5.17. The molecule has 0 fully saturated rings. The van der Waals surface area contributed by atoms with Crippen molar-refractivity contribution in [1.82, 2.24) is 15.0 Å². The first kappa shape index (κ1) is 17.1. The quantitative estimate of drug-likeness (QED) is 0.809. The van der Waals surface area contributed by atoms with Crippen LogP contribution in [0.2, 0.25) is 0 Å². The largest absolute Gasteiger partial charge is 0.478 e. The molecule has 0 aliphatic heterocycles. The molecule has 0 radical (unpaired) electrons. The summed E-state index contributed by atoms with van der Waals surface area (Å²) in [5.41, 5.74) is 3.33. The number of carboxylic acids is 1. The SMILES string of the molecule is CC1(C)CCC(C)(C)c2nc(C#Cc3ccc(C(=O)O)cn3)cnc21. The molecule has 25 heavy (non-hydrogen) atoms. The van der Waals surface area contributed by atoms with E-state index in [0.717, 1.165) is 24.2 Å². The third-order valence-electron chi connectivity index (χ3n) is 4.76. The van der Waals surface area contributed by atoms with Crippen molar-refractivity contribution >= 4 is 5.97 Å². The highest BCUT2D eigenvalue weighted by Crippen LogP contribution is 2.43. The molecule has 0 saturated carbocycles. The highest BCUT2D eigenvalue weighted by Gasteiger charge is 2.39. The van der Waals surface area contributed by atoms with Gasteiger partial charge in [-0.3, -0.25) is 4.98 Å². The molecule has 0 bridgehead atoms. The molecule has 2 aromatic rings. The molecule has 128 valence electrons. The van der Waals surface area contributed by atoms with Crippen LogP contribution in [0.15, 0.2) is 24.5 Å². The molecule has 1 N–H and O–H groups in total. The fourth-order valence-electron chi connectivity index (χ4n) is 3.00. The maximum absolute atomic E-state index is 10.8. The van der Waals surface area contributed by atoms with Crippen molar-refractivity contribution in [2.45, 2.75) is 51.4 Å². The highest BCUT2D eigenvalue weighted by atomic mass is 16.4. The van der Waals surface area contributed by atoms with E-state index in [1.807, 2.05) is 0 Å². The van der Waals surface area contributed by atoms with E-state index >= 15 is 0 Å². The normalized spacial score (nSPS) is 17.1. The number of aromatic nitrogens is 3. The predicted octanol–water partition coefficient (Wildman–Crippen LogP) is 3.32. The third kappa shape index (κ3) is 3.39. The number of aromatic carboxylic acids is 1. The summed E-state index contributed by atoms with van der Waals surface area (Å²) in [5.74, 6) is 4.91. The number of hydrogen-bond acceptors (Lipinski definition) is 4. The first-order valence-electron chi connectivity index (χ1n) is 8.28. The first-order chi connectivity index (χ1) is 11.7. The van der Waals surface area contributed by atoms with Gasteiger partial charge in [-0.25, -0.2) is 14.8 Å². The van der Waals surface area contributed by atoms with E-state index in [4.69, 9.17) is 10.1 Å². The molecule has 0 saturated heterocycles. The second-order valence-corrected chi connectivity index (χ2v) is 7.71. The van der Waals surface area contributed by atoms with Crippen LogP contribution in [-0.4, -0.2) is 26.0 Å². The molecule has 1 aliphatic carbocycles. The second-order valence-electron chi connectivity index (χ2n) is 7.71. The zero-order valence-electron chi connectivity index (χ0n) is 14.9. The van der Waals surface area contributed by atoms with Crippen molar-refractivity contribution < 1.29 is 9.90 Å². The summed E-state index contributed by atoms with van der Waals surface area (Å²) in [4.78, 5) is 24.3. The maximum atomic E-state index is 10.8. The van der Waals surface area contributed by atoms with Crippen LogP contribution in [0.25, 0.3) is 0 Å². The Morgan fingerprint density at radius 2 is 1.60 bits per heavy atom. The van der Waals surface area contributed by atoms with Crippen LogP contribution in [0.5, 0.6) is 0 Å². The predicted molar refractivity (Wildman–Crippen MR) is 94.5 cm³/mol. The zero-order valence-corrected chi connectivity index (χ0v) is 14.9. The van der Waals surface area contributed by atoms with E-state index in [2.05, 4.69) is 49.5 Å². The van der Waals surface area contributed by atoms with Crippen molar-refractivity contribution in [3.05, 3.63) is 52.9 Å². The van der Waals surface area contributed by atoms with Crippen LogP contribution < -0.4 is 0 Å². The van der Waals surface area contributed by atoms with Crippen LogP contribution >= 0.6 is 0 Å². The number of carboxylic acid groups (broad SMARTS) is 1. The van der Waals surface area contributed by atoms with Crippen molar-refractivity contribution in [2.75, 3.05) is 0 Å². The molecule has 0 atom stereocenters. The number of hydrogen-bond donors (Lipinski definition) is 1. The van der Waals surface area contributed by atoms with E-state index in [-0.39, 0.29) is 16.4 Å². The summed E-state index contributed by atoms with van der Waals surface area (Å²) in [5, 5.41) is 8.89. The minimum Gasteiger partial charge on any atom is -0.478 e. The Morgan fingerprint density at radius 3 is 2.20 bits per heavy atom. The van der Waals surface area contributed by atoms with E-state index in [0.29, 0.717) is 11.4 Å². The van der Waals surface area contributed by atoms with Gasteiger partial charge in [-0.15, -0.1) is 0 Å². The molecule has 2 heterocycles. The van der Waals surface area contributed by atoms with Crippen molar-refractivity contribution in [2.24, 2.45) is 0 Å². The maximum Gasteiger partial charge on any atom is 0.337 e. The van der Waals surface area contributed by atoms with Crippen molar-refractivity contribution in [1.29, 1.82) is 0 Å². The molecular formula is C20H21N3O2. The van der Waals surface area contributed by atoms with Gasteiger partial charge in [0.05, 0.1) is 23.1 Å². The standard InChI is InChI=1S/C20H21N3O2/c1-19(2)9-10-20(3,4)17-16(19)22-12-15(23-17)8-7-14-6-5-13(11-21-14)18(24)25/h5-6,11-12H,9-10H2,1-4H3,(H,24,25). The molecule has 5 nitrogen and oxygen atoms in total. The first-order valence-corrected chi connectivity index (χ1v) is 8.28. The summed E-state index contributed by atoms with van der Waals surface area (Å²) in [6.45, 7) is 8.79. The molecule has 0 spiro atoms. The Morgan fingerprint density at radius 1 is 0.960 bits per heavy atom. The second kappa shape index (κ2) is 5.96. The van der Waals surface area contributed by atoms with Crippen LogP contribution in [-0.2, 0) is 10.8 Å². The van der Waals surface area contributed by atoms with E-state index in [1.54, 1.807) is 12.3 Å². The average molecular weight is 335 g/mol. The molecule has 3 rings (SSSR count). The Hall–Kier alpha value is -2.74. The van der Waals surface area contributed by atoms with Crippen LogP contribution in [0, 0.1) is 11.8 Å². The van der Waals surface area contributed by atoms with Crippen LogP contribution in [0.4, 0.5) is 0 Å². The Labute approximate surface area is 147 Å². The number of carbonyl (C=O) groups is 1. The number of pyridine rings is 1. The molecule has 2 aromatic heterocycles. The topological polar surface area (TPSA) is 76.0 Å². The van der Waals surface area contributed by atoms with Gasteiger partial charge in [-0.2, -0.15) is 0 Å². The van der Waals surface area contributed by atoms with Gasteiger partial charge in [-0.05, 0) is 36.8 Å². The molecule has 0 unspecified atom stereocenters. The van der Waals surface area contributed by atoms with E-state index < -0.39 is 5.97 Å². The van der Waals surface area contributed by atoms with Gasteiger partial charge in [0.1, 0.15) is 11.4 Å². The van der Waals surface area contributed by atoms with Gasteiger partial charge in [0, 0.05) is 17.0 Å². The minimum atomic E-state index is -1.00. The smallest absolute Gasteiger partial charge is 0.337 e. The van der Waals surface area contributed by atoms with Gasteiger partial charge >= 0.3 is 5.97 Å². The number of rotatable bonds is 1. The molecule has 1 aliphatic rings. The lowest BCUT2D eigenvalue weighted by Crippen LogP contribution is -2.36. The fraction of sp³-hybridized carbons (Fsp3) is 0.400. The fourth-order valence-corrected chi connectivity index (χ4v) is 3.00. The summed E-state index contributed by atoms with van der Waals surface area (Å²) in [7, 11) is 0. The third-order valence-corrected chi connectivity index (χ3v) is 4.76. The summed E-state index contributed by atoms with van der Waals surface area (Å²) < 4.78 is 0. The highest BCUT2D eigenvalue weighted by molar-refractivity contribution is 5.87. The monoisotopic (exact) mass is 335 g/mol. The Balaban J connectivity index is 1.94. The zero-order chi connectivity index (χ0) is 18.2. The molecule has 0 aromatic carbocycles. The van der Waals surface area contributed by atoms with Gasteiger partial charge in [-0.1, -0.05) is 27.7 Å². The Bertz CT molecular complexity index is 887. The van der Waals surface area contributed by atoms with E-state index in [9.17, 15) is 4.79 Å². The van der Waals surface area contributed by atoms with E-state index in [1.165, 1.54) is 12.3 Å². The average Bonchev–Trinajstić information content (AvgIpc) is 2.57. The molecule has 0 amide bonds. The summed E-state index contributed by atoms with van der Waals surface area (Å²) in [6, 6.07) is 3.08. The minimum absolute atomic E-state index is 0.0169. The molecule has 5 heteroatoms. The number of nitrogens with zero attached hydrogens (tertiary/aromatic N) is 3. The van der Waals surface area contributed by atoms with Gasteiger partial charge in [0.2, 0.25) is 0 Å². The van der Waals surface area contributed by atoms with Gasteiger partial charge < -0.3 is 5.11 Å². The lowest BCUT2D eigenvalue weighted by atomic mass is 9.67. The van der Waals surface area contributed by atoms with Gasteiger partial charge in [0.15, 0.2) is 0 Å². The van der Waals surface area contributed by atoms with Gasteiger partial charge in [0.25, 0.3) is 0 Å². The van der Waals surface area contributed by atoms with Crippen LogP contribution in [0.3, 0.4) is 0 Å². The number of fused-ring (bicyclic) bond motifs is 1. The lowest BCUT2D eigenvalue weighted by Gasteiger charge is -2.39.